The number of ether oxygens (including phenoxy) is 1. The molecular weight excluding hydrogens is 400 g/mol. The van der Waals surface area contributed by atoms with E-state index in [0.717, 1.165) is 33.4 Å². The summed E-state index contributed by atoms with van der Waals surface area (Å²) in [5.74, 6) is 0.312. The number of aliphatic carboxylic acids is 1. The number of carbonyl (C=O) groups is 1. The van der Waals surface area contributed by atoms with Crippen LogP contribution in [0, 0.1) is 0 Å². The van der Waals surface area contributed by atoms with Gasteiger partial charge in [-0.2, -0.15) is 0 Å². The van der Waals surface area contributed by atoms with Crippen LogP contribution in [0.25, 0.3) is 33.4 Å². The quantitative estimate of drug-likeness (QED) is 0.322. The molecule has 1 unspecified atom stereocenters. The molecule has 1 heterocycles. The van der Waals surface area contributed by atoms with Crippen molar-refractivity contribution < 1.29 is 19.1 Å². The Kier molecular flexibility index (Phi) is 5.18. The molecule has 0 bridgehead atoms. The van der Waals surface area contributed by atoms with Crippen LogP contribution in [0.5, 0.6) is 5.75 Å². The highest BCUT2D eigenvalue weighted by Crippen LogP contribution is 2.31. The Hall–Kier alpha value is -4.31. The van der Waals surface area contributed by atoms with Crippen LogP contribution in [0.3, 0.4) is 0 Å². The van der Waals surface area contributed by atoms with Gasteiger partial charge in [-0.3, -0.25) is 0 Å². The summed E-state index contributed by atoms with van der Waals surface area (Å²) in [6.07, 6.45) is -1.05. The van der Waals surface area contributed by atoms with Crippen molar-refractivity contribution in [1.29, 1.82) is 0 Å². The van der Waals surface area contributed by atoms with E-state index in [1.54, 1.807) is 36.4 Å². The number of fused-ring (bicyclic) bond motifs is 1. The van der Waals surface area contributed by atoms with Gasteiger partial charge in [-0.1, -0.05) is 84.9 Å². The highest BCUT2D eigenvalue weighted by Gasteiger charge is 2.21. The number of hydrogen-bond donors (Lipinski definition) is 1. The van der Waals surface area contributed by atoms with Crippen LogP contribution in [-0.2, 0) is 4.79 Å². The number of hydrogen-bond acceptors (Lipinski definition) is 3. The van der Waals surface area contributed by atoms with E-state index in [0.29, 0.717) is 11.3 Å². The SMILES string of the molecule is O=C(O)C(Oc1ccc(-c2ccc(-c3cc4ccccc4o3)cc2)cc1)c1ccccc1. The van der Waals surface area contributed by atoms with Gasteiger partial charge in [-0.25, -0.2) is 4.79 Å². The topological polar surface area (TPSA) is 59.7 Å². The fourth-order valence-electron chi connectivity index (χ4n) is 3.70. The maximum atomic E-state index is 11.7. The zero-order chi connectivity index (χ0) is 21.9. The van der Waals surface area contributed by atoms with Crippen molar-refractivity contribution in [3.05, 3.63) is 115 Å². The minimum Gasteiger partial charge on any atom is -0.478 e. The van der Waals surface area contributed by atoms with E-state index in [2.05, 4.69) is 0 Å². The maximum Gasteiger partial charge on any atom is 0.349 e. The Balaban J connectivity index is 1.34. The minimum atomic E-state index is -1.05. The lowest BCUT2D eigenvalue weighted by atomic mass is 10.0. The van der Waals surface area contributed by atoms with Gasteiger partial charge in [0.15, 0.2) is 0 Å². The van der Waals surface area contributed by atoms with Gasteiger partial charge in [-0.15, -0.1) is 0 Å². The van der Waals surface area contributed by atoms with E-state index >= 15 is 0 Å². The first-order valence-corrected chi connectivity index (χ1v) is 10.3. The van der Waals surface area contributed by atoms with Crippen LogP contribution in [0.1, 0.15) is 11.7 Å². The molecule has 0 aliphatic heterocycles. The fourth-order valence-corrected chi connectivity index (χ4v) is 3.70. The molecule has 32 heavy (non-hydrogen) atoms. The molecule has 0 saturated carbocycles. The van der Waals surface area contributed by atoms with Crippen LogP contribution in [0.15, 0.2) is 114 Å². The highest BCUT2D eigenvalue weighted by atomic mass is 16.5. The maximum absolute atomic E-state index is 11.7. The van der Waals surface area contributed by atoms with Crippen molar-refractivity contribution in [1.82, 2.24) is 0 Å². The molecule has 4 heteroatoms. The molecule has 1 atom stereocenters. The largest absolute Gasteiger partial charge is 0.478 e. The summed E-state index contributed by atoms with van der Waals surface area (Å²) < 4.78 is 11.7. The number of para-hydroxylation sites is 1. The van der Waals surface area contributed by atoms with Crippen LogP contribution in [-0.4, -0.2) is 11.1 Å². The van der Waals surface area contributed by atoms with Gasteiger partial charge in [0.1, 0.15) is 17.1 Å². The Morgan fingerprint density at radius 1 is 0.719 bits per heavy atom. The van der Waals surface area contributed by atoms with Crippen molar-refractivity contribution in [2.45, 2.75) is 6.10 Å². The third-order valence-electron chi connectivity index (χ3n) is 5.36. The van der Waals surface area contributed by atoms with Crippen molar-refractivity contribution in [3.63, 3.8) is 0 Å². The van der Waals surface area contributed by atoms with Gasteiger partial charge >= 0.3 is 5.97 Å². The lowest BCUT2D eigenvalue weighted by molar-refractivity contribution is -0.145. The molecular formula is C28H20O4. The summed E-state index contributed by atoms with van der Waals surface area (Å²) in [6, 6.07) is 34.5. The molecule has 156 valence electrons. The molecule has 1 N–H and O–H groups in total. The summed E-state index contributed by atoms with van der Waals surface area (Å²) in [6.45, 7) is 0. The highest BCUT2D eigenvalue weighted by molar-refractivity contribution is 5.83. The second-order valence-electron chi connectivity index (χ2n) is 7.50. The summed E-state index contributed by atoms with van der Waals surface area (Å²) in [4.78, 5) is 11.7. The van der Waals surface area contributed by atoms with Crippen molar-refractivity contribution >= 4 is 16.9 Å². The molecule has 4 aromatic carbocycles. The van der Waals surface area contributed by atoms with E-state index in [1.807, 2.05) is 72.8 Å². The number of carboxylic acid groups (broad SMARTS) is 1. The number of furan rings is 1. The molecule has 5 aromatic rings. The third kappa shape index (κ3) is 3.98. The minimum absolute atomic E-state index is 0.504. The van der Waals surface area contributed by atoms with Crippen LogP contribution in [0.2, 0.25) is 0 Å². The van der Waals surface area contributed by atoms with Crippen LogP contribution in [0.4, 0.5) is 0 Å². The normalized spacial score (nSPS) is 11.9. The average molecular weight is 420 g/mol. The predicted octanol–water partition coefficient (Wildman–Crippen LogP) is 6.97. The molecule has 0 amide bonds. The molecule has 4 nitrogen and oxygen atoms in total. The Labute approximate surface area is 185 Å². The molecule has 0 fully saturated rings. The summed E-state index contributed by atoms with van der Waals surface area (Å²) in [5, 5.41) is 10.6. The van der Waals surface area contributed by atoms with Gasteiger partial charge in [0.05, 0.1) is 0 Å². The monoisotopic (exact) mass is 420 g/mol. The van der Waals surface area contributed by atoms with Crippen LogP contribution < -0.4 is 4.74 Å². The lowest BCUT2D eigenvalue weighted by Gasteiger charge is -2.15. The van der Waals surface area contributed by atoms with E-state index in [-0.39, 0.29) is 0 Å². The average Bonchev–Trinajstić information content (AvgIpc) is 3.28. The number of rotatable bonds is 6. The lowest BCUT2D eigenvalue weighted by Crippen LogP contribution is -2.18. The molecule has 1 aromatic heterocycles. The number of benzene rings is 4. The Morgan fingerprint density at radius 2 is 1.31 bits per heavy atom. The third-order valence-corrected chi connectivity index (χ3v) is 5.36. The standard InChI is InChI=1S/C28H20O4/c29-28(30)27(22-6-2-1-3-7-22)31-24-16-14-20(15-17-24)19-10-12-21(13-11-19)26-18-23-8-4-5-9-25(23)32-26/h1-18,27H,(H,29,30). The van der Waals surface area contributed by atoms with Crippen molar-refractivity contribution in [2.75, 3.05) is 0 Å². The summed E-state index contributed by atoms with van der Waals surface area (Å²) in [7, 11) is 0. The van der Waals surface area contributed by atoms with Gasteiger partial charge in [-0.05, 0) is 35.4 Å². The van der Waals surface area contributed by atoms with E-state index < -0.39 is 12.1 Å². The zero-order valence-electron chi connectivity index (χ0n) is 17.1. The number of carboxylic acids is 1. The van der Waals surface area contributed by atoms with Gasteiger partial charge in [0.2, 0.25) is 6.10 Å². The summed E-state index contributed by atoms with van der Waals surface area (Å²) in [5.41, 5.74) is 4.55. The van der Waals surface area contributed by atoms with Gasteiger partial charge in [0.25, 0.3) is 0 Å². The smallest absolute Gasteiger partial charge is 0.349 e. The fraction of sp³-hybridized carbons (Fsp3) is 0.0357. The molecule has 0 saturated heterocycles. The predicted molar refractivity (Wildman–Crippen MR) is 125 cm³/mol. The molecule has 5 rings (SSSR count). The van der Waals surface area contributed by atoms with Crippen molar-refractivity contribution in [2.24, 2.45) is 0 Å². The molecule has 0 aliphatic carbocycles. The Bertz CT molecular complexity index is 1320. The van der Waals surface area contributed by atoms with Crippen molar-refractivity contribution in [3.8, 4) is 28.2 Å². The van der Waals surface area contributed by atoms with E-state index in [9.17, 15) is 9.90 Å². The van der Waals surface area contributed by atoms with Crippen LogP contribution >= 0.6 is 0 Å². The first-order chi connectivity index (χ1) is 15.7. The Morgan fingerprint density at radius 3 is 1.97 bits per heavy atom. The first kappa shape index (κ1) is 19.6. The second kappa shape index (κ2) is 8.44. The second-order valence-corrected chi connectivity index (χ2v) is 7.50. The zero-order valence-corrected chi connectivity index (χ0v) is 17.1. The van der Waals surface area contributed by atoms with Gasteiger partial charge in [0, 0.05) is 16.5 Å². The van der Waals surface area contributed by atoms with E-state index in [1.165, 1.54) is 0 Å². The molecule has 0 radical (unpaired) electrons. The summed E-state index contributed by atoms with van der Waals surface area (Å²) >= 11 is 0. The molecule has 0 aliphatic rings. The van der Waals surface area contributed by atoms with Gasteiger partial charge < -0.3 is 14.3 Å². The first-order valence-electron chi connectivity index (χ1n) is 10.3. The molecule has 0 spiro atoms. The van der Waals surface area contributed by atoms with E-state index in [4.69, 9.17) is 9.15 Å².